The molecule has 2 aromatic rings. The van der Waals surface area contributed by atoms with Crippen LogP contribution in [0.1, 0.15) is 9.67 Å². The van der Waals surface area contributed by atoms with E-state index in [-0.39, 0.29) is 0 Å². The summed E-state index contributed by atoms with van der Waals surface area (Å²) >= 11 is 3.10. The molecule has 0 bridgehead atoms. The van der Waals surface area contributed by atoms with Crippen LogP contribution in [0.5, 0.6) is 5.75 Å². The summed E-state index contributed by atoms with van der Waals surface area (Å²) in [6.45, 7) is 0. The molecule has 72 valence electrons. The summed E-state index contributed by atoms with van der Waals surface area (Å²) < 4.78 is 5.21. The van der Waals surface area contributed by atoms with Crippen LogP contribution in [0.25, 0.3) is 9.75 Å². The molecule has 0 atom stereocenters. The Kier molecular flexibility index (Phi) is 2.65. The van der Waals surface area contributed by atoms with E-state index in [1.54, 1.807) is 18.4 Å². The Morgan fingerprint density at radius 2 is 2.21 bits per heavy atom. The van der Waals surface area contributed by atoms with Gasteiger partial charge in [0.05, 0.1) is 16.9 Å². The van der Waals surface area contributed by atoms with Gasteiger partial charge >= 0.3 is 0 Å². The molecular weight excluding hydrogens is 216 g/mol. The number of rotatable bonds is 3. The van der Waals surface area contributed by atoms with Crippen LogP contribution >= 0.6 is 22.7 Å². The first kappa shape index (κ1) is 9.43. The first-order chi connectivity index (χ1) is 6.85. The second-order valence-electron chi connectivity index (χ2n) is 2.64. The zero-order chi connectivity index (χ0) is 9.97. The summed E-state index contributed by atoms with van der Waals surface area (Å²) in [5.41, 5.74) is 0. The lowest BCUT2D eigenvalue weighted by Crippen LogP contribution is -1.79. The van der Waals surface area contributed by atoms with Gasteiger partial charge in [-0.25, -0.2) is 0 Å². The molecule has 0 aliphatic heterocycles. The lowest BCUT2D eigenvalue weighted by Gasteiger charge is -1.98. The summed E-state index contributed by atoms with van der Waals surface area (Å²) in [4.78, 5) is 13.4. The summed E-state index contributed by atoms with van der Waals surface area (Å²) in [5.74, 6) is 0.870. The fourth-order valence-electron chi connectivity index (χ4n) is 1.18. The number of aldehydes is 1. The van der Waals surface area contributed by atoms with Gasteiger partial charge in [-0.05, 0) is 23.6 Å². The highest BCUT2D eigenvalue weighted by Crippen LogP contribution is 2.38. The normalized spacial score (nSPS) is 10.1. The average Bonchev–Trinajstić information content (AvgIpc) is 2.85. The number of methoxy groups -OCH3 is 1. The monoisotopic (exact) mass is 224 g/mol. The van der Waals surface area contributed by atoms with Gasteiger partial charge in [-0.1, -0.05) is 0 Å². The molecular formula is C10H8O2S2. The zero-order valence-corrected chi connectivity index (χ0v) is 9.15. The van der Waals surface area contributed by atoms with Crippen LogP contribution in [0.2, 0.25) is 0 Å². The number of hydrogen-bond donors (Lipinski definition) is 0. The maximum absolute atomic E-state index is 10.5. The molecule has 0 radical (unpaired) electrons. The summed E-state index contributed by atoms with van der Waals surface area (Å²) in [6, 6.07) is 5.70. The average molecular weight is 224 g/mol. The van der Waals surface area contributed by atoms with Crippen molar-refractivity contribution in [3.8, 4) is 15.5 Å². The molecule has 0 amide bonds. The zero-order valence-electron chi connectivity index (χ0n) is 7.52. The number of ether oxygens (including phenoxy) is 1. The molecule has 0 unspecified atom stereocenters. The summed E-state index contributed by atoms with van der Waals surface area (Å²) in [5, 5.41) is 1.98. The number of hydrogen-bond acceptors (Lipinski definition) is 4. The molecule has 0 aromatic carbocycles. The van der Waals surface area contributed by atoms with Gasteiger partial charge in [0.15, 0.2) is 6.29 Å². The van der Waals surface area contributed by atoms with Crippen LogP contribution in [0.3, 0.4) is 0 Å². The Balaban J connectivity index is 2.43. The van der Waals surface area contributed by atoms with Crippen molar-refractivity contribution in [2.45, 2.75) is 0 Å². The molecule has 0 saturated heterocycles. The predicted octanol–water partition coefficient (Wildman–Crippen LogP) is 3.30. The van der Waals surface area contributed by atoms with Crippen molar-refractivity contribution in [2.75, 3.05) is 7.11 Å². The molecule has 0 N–H and O–H groups in total. The van der Waals surface area contributed by atoms with Crippen molar-refractivity contribution < 1.29 is 9.53 Å². The second kappa shape index (κ2) is 3.94. The van der Waals surface area contributed by atoms with Crippen LogP contribution < -0.4 is 4.74 Å². The Morgan fingerprint density at radius 3 is 2.86 bits per heavy atom. The van der Waals surface area contributed by atoms with Crippen LogP contribution in [0, 0.1) is 0 Å². The summed E-state index contributed by atoms with van der Waals surface area (Å²) in [6.07, 6.45) is 0.869. The highest BCUT2D eigenvalue weighted by atomic mass is 32.1. The van der Waals surface area contributed by atoms with E-state index in [1.807, 2.05) is 23.6 Å². The topological polar surface area (TPSA) is 26.3 Å². The van der Waals surface area contributed by atoms with Gasteiger partial charge < -0.3 is 4.74 Å². The van der Waals surface area contributed by atoms with E-state index in [9.17, 15) is 4.79 Å². The van der Waals surface area contributed by atoms with Crippen molar-refractivity contribution in [2.24, 2.45) is 0 Å². The molecule has 2 aromatic heterocycles. The lowest BCUT2D eigenvalue weighted by atomic mass is 10.3. The second-order valence-corrected chi connectivity index (χ2v) is 4.67. The highest BCUT2D eigenvalue weighted by Gasteiger charge is 2.09. The van der Waals surface area contributed by atoms with E-state index < -0.39 is 0 Å². The van der Waals surface area contributed by atoms with E-state index in [2.05, 4.69) is 0 Å². The van der Waals surface area contributed by atoms with E-state index in [0.717, 1.165) is 26.7 Å². The number of carbonyl (C=O) groups is 1. The Hall–Kier alpha value is -1.13. The molecule has 2 rings (SSSR count). The molecule has 0 fully saturated rings. The van der Waals surface area contributed by atoms with Crippen LogP contribution in [0.15, 0.2) is 23.6 Å². The van der Waals surface area contributed by atoms with Gasteiger partial charge in [0.2, 0.25) is 0 Å². The van der Waals surface area contributed by atoms with Crippen molar-refractivity contribution in [1.82, 2.24) is 0 Å². The van der Waals surface area contributed by atoms with Gasteiger partial charge in [0, 0.05) is 4.88 Å². The van der Waals surface area contributed by atoms with Gasteiger partial charge in [0.25, 0.3) is 0 Å². The minimum absolute atomic E-state index is 0.746. The SMILES string of the molecule is COc1ccsc1-c1ccc(C=O)s1. The number of thiophene rings is 2. The number of carbonyl (C=O) groups excluding carboxylic acids is 1. The van der Waals surface area contributed by atoms with Gasteiger partial charge in [-0.15, -0.1) is 22.7 Å². The maximum atomic E-state index is 10.5. The molecule has 0 saturated carbocycles. The molecule has 0 spiro atoms. The maximum Gasteiger partial charge on any atom is 0.160 e. The van der Waals surface area contributed by atoms with Gasteiger partial charge in [-0.2, -0.15) is 0 Å². The van der Waals surface area contributed by atoms with Crippen molar-refractivity contribution in [3.63, 3.8) is 0 Å². The lowest BCUT2D eigenvalue weighted by molar-refractivity contribution is 0.112. The Labute approximate surface area is 89.8 Å². The van der Waals surface area contributed by atoms with E-state index in [1.165, 1.54) is 11.3 Å². The van der Waals surface area contributed by atoms with Crippen LogP contribution in [-0.4, -0.2) is 13.4 Å². The molecule has 14 heavy (non-hydrogen) atoms. The van der Waals surface area contributed by atoms with Gasteiger partial charge in [-0.3, -0.25) is 4.79 Å². The molecule has 0 aliphatic rings. The Morgan fingerprint density at radius 1 is 1.36 bits per heavy atom. The van der Waals surface area contributed by atoms with E-state index in [4.69, 9.17) is 4.74 Å². The standard InChI is InChI=1S/C10H8O2S2/c1-12-8-4-5-13-10(8)9-3-2-7(6-11)14-9/h2-6H,1H3. The molecule has 2 heterocycles. The quantitative estimate of drug-likeness (QED) is 0.748. The molecule has 0 aliphatic carbocycles. The molecule has 4 heteroatoms. The van der Waals surface area contributed by atoms with Crippen molar-refractivity contribution in [3.05, 3.63) is 28.5 Å². The largest absolute Gasteiger partial charge is 0.495 e. The van der Waals surface area contributed by atoms with Crippen LogP contribution in [0.4, 0.5) is 0 Å². The third-order valence-electron chi connectivity index (χ3n) is 1.82. The van der Waals surface area contributed by atoms with E-state index >= 15 is 0 Å². The first-order valence-electron chi connectivity index (χ1n) is 4.02. The molecule has 2 nitrogen and oxygen atoms in total. The van der Waals surface area contributed by atoms with E-state index in [0.29, 0.717) is 0 Å². The van der Waals surface area contributed by atoms with Gasteiger partial charge in [0.1, 0.15) is 5.75 Å². The van der Waals surface area contributed by atoms with Crippen LogP contribution in [-0.2, 0) is 0 Å². The summed E-state index contributed by atoms with van der Waals surface area (Å²) in [7, 11) is 1.65. The first-order valence-corrected chi connectivity index (χ1v) is 5.71. The third-order valence-corrected chi connectivity index (χ3v) is 3.90. The third kappa shape index (κ3) is 1.58. The fraction of sp³-hybridized carbons (Fsp3) is 0.100. The highest BCUT2D eigenvalue weighted by molar-refractivity contribution is 7.22. The minimum atomic E-state index is 0.746. The van der Waals surface area contributed by atoms with Crippen molar-refractivity contribution >= 4 is 29.0 Å². The Bertz CT molecular complexity index is 442. The predicted molar refractivity (Wildman–Crippen MR) is 59.6 cm³/mol. The fourth-order valence-corrected chi connectivity index (χ4v) is 2.99. The van der Waals surface area contributed by atoms with Crippen molar-refractivity contribution in [1.29, 1.82) is 0 Å². The minimum Gasteiger partial charge on any atom is -0.495 e. The smallest absolute Gasteiger partial charge is 0.160 e.